The minimum absolute atomic E-state index is 0.0222. The second-order valence-electron chi connectivity index (χ2n) is 21.5. The van der Waals surface area contributed by atoms with Crippen LogP contribution in [0.15, 0.2) is 80.0 Å². The molecular formula is C58H70N18O9. The van der Waals surface area contributed by atoms with Gasteiger partial charge in [-0.25, -0.2) is 19.9 Å². The van der Waals surface area contributed by atoms with Crippen molar-refractivity contribution in [3.05, 3.63) is 149 Å². The standard InChI is InChI=1S/C58H70N18O9/c1-68(2)17-12-11-13-45(77)41-19-35(28-70(41)4)22-48(80)51-63-39(32-74(51)8)26-49(81)52-62-38(31-75(52)9)25-47(79)42-20-34(27-71(42)5)21-46(78)40(59)14-15-61-57(84)54-66-50(33-76(54)10)67-56(83)44-23-36(29-73(44)7)64-55(82)43-24-37(30-72(43)6)65-58(85)53-60-16-18-69(53)3/h16,18-20,23-24,27-33,40H,11-15,17,21-22,25-26,59H2,1-10H3,(H,61,84)(H,64,82)(H,65,85)(H,67,83)/t40-/m1/s1. The highest BCUT2D eigenvalue weighted by Crippen LogP contribution is 2.21. The predicted molar refractivity (Wildman–Crippen MR) is 313 cm³/mol. The normalized spacial score (nSPS) is 11.7. The van der Waals surface area contributed by atoms with Gasteiger partial charge in [-0.3, -0.25) is 43.2 Å². The summed E-state index contributed by atoms with van der Waals surface area (Å²) in [6, 6.07) is 5.39. The number of imidazole rings is 4. The molecular weight excluding hydrogens is 1090 g/mol. The maximum atomic E-state index is 13.6. The van der Waals surface area contributed by atoms with Gasteiger partial charge in [-0.1, -0.05) is 0 Å². The fourth-order valence-corrected chi connectivity index (χ4v) is 9.88. The first-order valence-electron chi connectivity index (χ1n) is 27.3. The van der Waals surface area contributed by atoms with Gasteiger partial charge in [0.25, 0.3) is 23.6 Å². The molecule has 4 amide bonds. The summed E-state index contributed by atoms with van der Waals surface area (Å²) in [6.45, 7) is 0.926. The van der Waals surface area contributed by atoms with Crippen LogP contribution in [0.4, 0.5) is 17.2 Å². The molecule has 0 fully saturated rings. The number of nitrogens with zero attached hydrogens (tertiary/aromatic N) is 13. The van der Waals surface area contributed by atoms with E-state index in [0.717, 1.165) is 19.4 Å². The molecule has 0 bridgehead atoms. The number of nitrogens with one attached hydrogen (secondary N) is 4. The van der Waals surface area contributed by atoms with Crippen molar-refractivity contribution < 1.29 is 43.2 Å². The number of hydrogen-bond acceptors (Lipinski definition) is 15. The molecule has 0 saturated heterocycles. The maximum absolute atomic E-state index is 13.6. The summed E-state index contributed by atoms with van der Waals surface area (Å²) in [5.74, 6) is -2.78. The van der Waals surface area contributed by atoms with E-state index in [1.54, 1.807) is 135 Å². The van der Waals surface area contributed by atoms with Crippen LogP contribution in [0.1, 0.15) is 133 Å². The number of ketones is 5. The van der Waals surface area contributed by atoms with E-state index in [1.807, 2.05) is 14.1 Å². The van der Waals surface area contributed by atoms with E-state index in [-0.39, 0.29) is 108 Å². The van der Waals surface area contributed by atoms with Gasteiger partial charge in [-0.05, 0) is 75.3 Å². The number of unbranched alkanes of at least 4 members (excludes halogenated alkanes) is 1. The van der Waals surface area contributed by atoms with Gasteiger partial charge in [0.05, 0.1) is 53.0 Å². The van der Waals surface area contributed by atoms with E-state index < -0.39 is 29.7 Å². The molecule has 0 spiro atoms. The fraction of sp³-hybridized carbons (Fsp3) is 0.362. The van der Waals surface area contributed by atoms with Crippen LogP contribution in [-0.4, -0.2) is 147 Å². The van der Waals surface area contributed by atoms with Crippen LogP contribution < -0.4 is 27.0 Å². The van der Waals surface area contributed by atoms with Crippen molar-refractivity contribution >= 4 is 69.7 Å². The molecule has 0 unspecified atom stereocenters. The van der Waals surface area contributed by atoms with E-state index in [0.29, 0.717) is 51.7 Å². The number of aryl methyl sites for hydroxylation is 8. The van der Waals surface area contributed by atoms with Gasteiger partial charge >= 0.3 is 0 Å². The fourth-order valence-electron chi connectivity index (χ4n) is 9.88. The number of nitrogens with two attached hydrogens (primary N) is 1. The van der Waals surface area contributed by atoms with Gasteiger partial charge in [0, 0.05) is 138 Å². The molecule has 0 aliphatic heterocycles. The summed E-state index contributed by atoms with van der Waals surface area (Å²) >= 11 is 0. The lowest BCUT2D eigenvalue weighted by atomic mass is 10.0. The quantitative estimate of drug-likeness (QED) is 0.0347. The number of carbonyl (C=O) groups is 9. The Balaban J connectivity index is 0.770. The summed E-state index contributed by atoms with van der Waals surface area (Å²) in [6.07, 6.45) is 16.3. The molecule has 85 heavy (non-hydrogen) atoms. The van der Waals surface area contributed by atoms with Crippen LogP contribution in [0.5, 0.6) is 0 Å². The van der Waals surface area contributed by atoms with Crippen molar-refractivity contribution in [2.75, 3.05) is 43.1 Å². The van der Waals surface area contributed by atoms with Gasteiger partial charge < -0.3 is 68.4 Å². The number of rotatable bonds is 28. The second kappa shape index (κ2) is 26.1. The Morgan fingerprint density at radius 3 is 1.59 bits per heavy atom. The average Bonchev–Trinajstić information content (AvgIpc) is 4.41. The summed E-state index contributed by atoms with van der Waals surface area (Å²) < 4.78 is 12.5. The van der Waals surface area contributed by atoms with Crippen LogP contribution in [0.2, 0.25) is 0 Å². The van der Waals surface area contributed by atoms with Gasteiger partial charge in [0.15, 0.2) is 40.6 Å². The third-order valence-electron chi connectivity index (χ3n) is 14.2. The molecule has 27 nitrogen and oxygen atoms in total. The predicted octanol–water partition coefficient (Wildman–Crippen LogP) is 3.18. The van der Waals surface area contributed by atoms with Crippen molar-refractivity contribution in [2.45, 2.75) is 57.4 Å². The Kier molecular flexibility index (Phi) is 18.8. The third-order valence-corrected chi connectivity index (χ3v) is 14.2. The molecule has 27 heteroatoms. The highest BCUT2D eigenvalue weighted by molar-refractivity contribution is 6.08. The number of hydrogen-bond donors (Lipinski definition) is 5. The number of carbonyl (C=O) groups excluding carboxylic acids is 9. The van der Waals surface area contributed by atoms with Crippen LogP contribution in [0.25, 0.3) is 0 Å². The van der Waals surface area contributed by atoms with Gasteiger partial charge in [0.2, 0.25) is 17.4 Å². The molecule has 8 aromatic heterocycles. The first kappa shape index (κ1) is 61.2. The van der Waals surface area contributed by atoms with E-state index >= 15 is 0 Å². The zero-order chi connectivity index (χ0) is 61.6. The van der Waals surface area contributed by atoms with Crippen molar-refractivity contribution in [1.82, 2.24) is 66.7 Å². The third kappa shape index (κ3) is 14.8. The molecule has 0 aliphatic carbocycles. The van der Waals surface area contributed by atoms with Crippen molar-refractivity contribution in [3.8, 4) is 0 Å². The minimum Gasteiger partial charge on any atom is -0.349 e. The number of amides is 4. The molecule has 8 rings (SSSR count). The molecule has 446 valence electrons. The van der Waals surface area contributed by atoms with E-state index in [4.69, 9.17) is 5.73 Å². The maximum Gasteiger partial charge on any atom is 0.291 e. The lowest BCUT2D eigenvalue weighted by molar-refractivity contribution is -0.119. The van der Waals surface area contributed by atoms with Crippen molar-refractivity contribution in [1.29, 1.82) is 0 Å². The first-order chi connectivity index (χ1) is 40.3. The summed E-state index contributed by atoms with van der Waals surface area (Å²) in [7, 11) is 17.3. The number of Topliss-reactive ketones (excluding diaryl/α,β-unsaturated/α-hetero) is 5. The summed E-state index contributed by atoms with van der Waals surface area (Å²) in [5, 5.41) is 10.9. The van der Waals surface area contributed by atoms with Crippen molar-refractivity contribution in [2.24, 2.45) is 62.1 Å². The highest BCUT2D eigenvalue weighted by Gasteiger charge is 2.25. The topological polar surface area (TPSA) is 322 Å². The zero-order valence-corrected chi connectivity index (χ0v) is 49.2. The Morgan fingerprint density at radius 2 is 1.01 bits per heavy atom. The minimum atomic E-state index is -0.956. The Hall–Kier alpha value is -9.89. The second-order valence-corrected chi connectivity index (χ2v) is 21.5. The van der Waals surface area contributed by atoms with Crippen LogP contribution in [-0.2, 0) is 86.9 Å². The summed E-state index contributed by atoms with van der Waals surface area (Å²) in [4.78, 5) is 139. The number of anilines is 3. The van der Waals surface area contributed by atoms with Gasteiger partial charge in [0.1, 0.15) is 11.4 Å². The van der Waals surface area contributed by atoms with E-state index in [2.05, 4.69) is 46.1 Å². The molecule has 0 radical (unpaired) electrons. The number of aromatic nitrogens is 12. The summed E-state index contributed by atoms with van der Waals surface area (Å²) in [5.41, 5.74) is 10.2. The van der Waals surface area contributed by atoms with Crippen LogP contribution in [0, 0.1) is 0 Å². The van der Waals surface area contributed by atoms with E-state index in [1.165, 1.54) is 38.2 Å². The largest absolute Gasteiger partial charge is 0.349 e. The molecule has 0 aliphatic rings. The zero-order valence-electron chi connectivity index (χ0n) is 49.2. The lowest BCUT2D eigenvalue weighted by Gasteiger charge is -2.11. The van der Waals surface area contributed by atoms with Gasteiger partial charge in [-0.2, -0.15) is 0 Å². The molecule has 0 aromatic carbocycles. The molecule has 0 saturated carbocycles. The van der Waals surface area contributed by atoms with E-state index in [9.17, 15) is 43.2 Å². The van der Waals surface area contributed by atoms with Crippen molar-refractivity contribution in [3.63, 3.8) is 0 Å². The van der Waals surface area contributed by atoms with Crippen LogP contribution in [0.3, 0.4) is 0 Å². The Bertz CT molecular complexity index is 3880. The smallest absolute Gasteiger partial charge is 0.291 e. The Labute approximate surface area is 489 Å². The Morgan fingerprint density at radius 1 is 0.494 bits per heavy atom. The van der Waals surface area contributed by atoms with Crippen LogP contribution >= 0.6 is 0 Å². The molecule has 8 aromatic rings. The van der Waals surface area contributed by atoms with Gasteiger partial charge in [-0.15, -0.1) is 0 Å². The first-order valence-corrected chi connectivity index (χ1v) is 27.3. The monoisotopic (exact) mass is 1160 g/mol. The molecule has 8 heterocycles. The lowest BCUT2D eigenvalue weighted by Crippen LogP contribution is -2.37. The molecule has 6 N–H and O–H groups in total. The average molecular weight is 1160 g/mol. The highest BCUT2D eigenvalue weighted by atomic mass is 16.2. The molecule has 1 atom stereocenters. The SMILES string of the molecule is CN(C)CCCCC(=O)c1cc(CC(=O)c2nc(CC(=O)c3nc(CC(=O)c4cc(CC(=O)[C@H](N)CCNC(=O)c5nc(NC(=O)c6cc(NC(=O)c7cc(NC(=O)c8nccn8C)cn7C)cn6C)cn5C)cn4C)cn3C)cn2C)cn1C.